The zero-order valence-electron chi connectivity index (χ0n) is 17.3. The Bertz CT molecular complexity index is 1020. The van der Waals surface area contributed by atoms with E-state index in [2.05, 4.69) is 5.32 Å². The van der Waals surface area contributed by atoms with E-state index in [1.165, 1.54) is 0 Å². The van der Waals surface area contributed by atoms with Crippen LogP contribution in [0.5, 0.6) is 11.5 Å². The highest BCUT2D eigenvalue weighted by molar-refractivity contribution is 5.97. The molecule has 1 atom stereocenters. The lowest BCUT2D eigenvalue weighted by molar-refractivity contribution is -0.153. The van der Waals surface area contributed by atoms with Crippen molar-refractivity contribution in [2.75, 3.05) is 19.5 Å². The van der Waals surface area contributed by atoms with Crippen LogP contribution in [0.1, 0.15) is 18.9 Å². The van der Waals surface area contributed by atoms with Crippen molar-refractivity contribution in [2.24, 2.45) is 0 Å². The van der Waals surface area contributed by atoms with Gasteiger partial charge in [0.25, 0.3) is 5.91 Å². The third-order valence-corrected chi connectivity index (χ3v) is 4.72. The van der Waals surface area contributed by atoms with Gasteiger partial charge < -0.3 is 19.5 Å². The lowest BCUT2D eigenvalue weighted by Crippen LogP contribution is -2.30. The number of fused-ring (bicyclic) bond motifs is 1. The quantitative estimate of drug-likeness (QED) is 0.562. The van der Waals surface area contributed by atoms with Gasteiger partial charge in [-0.15, -0.1) is 0 Å². The van der Waals surface area contributed by atoms with Crippen LogP contribution < -0.4 is 14.8 Å². The third kappa shape index (κ3) is 5.50. The number of amides is 1. The van der Waals surface area contributed by atoms with E-state index >= 15 is 0 Å². The predicted molar refractivity (Wildman–Crippen MR) is 116 cm³/mol. The topological polar surface area (TPSA) is 73.9 Å². The summed E-state index contributed by atoms with van der Waals surface area (Å²) in [5.74, 6) is 0.487. The number of methoxy groups -OCH3 is 2. The van der Waals surface area contributed by atoms with Crippen molar-refractivity contribution in [3.8, 4) is 11.5 Å². The molecule has 0 radical (unpaired) electrons. The maximum atomic E-state index is 12.4. The summed E-state index contributed by atoms with van der Waals surface area (Å²) >= 11 is 0. The molecular weight excluding hydrogens is 382 g/mol. The molecule has 0 heterocycles. The van der Waals surface area contributed by atoms with Gasteiger partial charge in [-0.2, -0.15) is 0 Å². The molecule has 0 saturated heterocycles. The molecule has 0 aliphatic heterocycles. The van der Waals surface area contributed by atoms with Gasteiger partial charge in [-0.25, -0.2) is 0 Å². The molecule has 6 heteroatoms. The SMILES string of the molecule is COc1cc(CCC(=O)O[C@H](C)C(=O)Nc2ccc3ccccc3c2)cc(OC)c1. The number of carbonyl (C=O) groups excluding carboxylic acids is 2. The summed E-state index contributed by atoms with van der Waals surface area (Å²) in [5, 5.41) is 4.90. The molecule has 30 heavy (non-hydrogen) atoms. The number of rotatable bonds is 8. The van der Waals surface area contributed by atoms with Crippen molar-refractivity contribution in [1.29, 1.82) is 0 Å². The van der Waals surface area contributed by atoms with E-state index in [1.54, 1.807) is 27.2 Å². The van der Waals surface area contributed by atoms with Gasteiger partial charge in [0, 0.05) is 18.2 Å². The Hall–Kier alpha value is -3.54. The minimum atomic E-state index is -0.899. The largest absolute Gasteiger partial charge is 0.497 e. The molecular formula is C24H25NO5. The highest BCUT2D eigenvalue weighted by Gasteiger charge is 2.18. The Balaban J connectivity index is 1.53. The van der Waals surface area contributed by atoms with Gasteiger partial charge in [0.2, 0.25) is 0 Å². The van der Waals surface area contributed by atoms with Crippen LogP contribution in [0, 0.1) is 0 Å². The average molecular weight is 407 g/mol. The standard InChI is InChI=1S/C24H25NO5/c1-16(24(27)25-20-10-9-18-6-4-5-7-19(18)14-20)30-23(26)11-8-17-12-21(28-2)15-22(13-17)29-3/h4-7,9-10,12-16H,8,11H2,1-3H3,(H,25,27)/t16-/m1/s1. The second kappa shape index (κ2) is 9.78. The van der Waals surface area contributed by atoms with E-state index in [4.69, 9.17) is 14.2 Å². The summed E-state index contributed by atoms with van der Waals surface area (Å²) < 4.78 is 15.8. The summed E-state index contributed by atoms with van der Waals surface area (Å²) in [5.41, 5.74) is 1.54. The van der Waals surface area contributed by atoms with Gasteiger partial charge in [-0.3, -0.25) is 9.59 Å². The molecule has 0 unspecified atom stereocenters. The number of hydrogen-bond acceptors (Lipinski definition) is 5. The molecule has 0 bridgehead atoms. The van der Waals surface area contributed by atoms with E-state index in [0.717, 1.165) is 16.3 Å². The lowest BCUT2D eigenvalue weighted by Gasteiger charge is -2.14. The van der Waals surface area contributed by atoms with Gasteiger partial charge in [0.15, 0.2) is 6.10 Å². The number of aryl methyl sites for hydroxylation is 1. The van der Waals surface area contributed by atoms with Crippen molar-refractivity contribution in [2.45, 2.75) is 25.9 Å². The molecule has 3 aromatic rings. The molecule has 156 valence electrons. The fraction of sp³-hybridized carbons (Fsp3) is 0.250. The monoisotopic (exact) mass is 407 g/mol. The fourth-order valence-electron chi connectivity index (χ4n) is 3.08. The van der Waals surface area contributed by atoms with Gasteiger partial charge in [-0.1, -0.05) is 30.3 Å². The van der Waals surface area contributed by atoms with Gasteiger partial charge in [0.05, 0.1) is 14.2 Å². The Morgan fingerprint density at radius 1 is 0.900 bits per heavy atom. The zero-order chi connectivity index (χ0) is 21.5. The molecule has 3 rings (SSSR count). The number of benzene rings is 3. The minimum absolute atomic E-state index is 0.143. The minimum Gasteiger partial charge on any atom is -0.497 e. The molecule has 1 N–H and O–H groups in total. The van der Waals surface area contributed by atoms with Crippen LogP contribution in [0.4, 0.5) is 5.69 Å². The van der Waals surface area contributed by atoms with Gasteiger partial charge in [0.1, 0.15) is 11.5 Å². The van der Waals surface area contributed by atoms with Crippen molar-refractivity contribution in [3.05, 3.63) is 66.2 Å². The number of esters is 1. The molecule has 1 amide bonds. The first-order valence-electron chi connectivity index (χ1n) is 9.69. The van der Waals surface area contributed by atoms with E-state index in [-0.39, 0.29) is 12.3 Å². The van der Waals surface area contributed by atoms with Gasteiger partial charge in [-0.05, 0) is 53.9 Å². The Labute approximate surface area is 175 Å². The molecule has 0 spiro atoms. The van der Waals surface area contributed by atoms with Crippen LogP contribution in [0.25, 0.3) is 10.8 Å². The number of ether oxygens (including phenoxy) is 3. The van der Waals surface area contributed by atoms with Crippen LogP contribution in [0.15, 0.2) is 60.7 Å². The molecule has 0 aromatic heterocycles. The maximum absolute atomic E-state index is 12.4. The van der Waals surface area contributed by atoms with Crippen LogP contribution in [0.3, 0.4) is 0 Å². The maximum Gasteiger partial charge on any atom is 0.306 e. The normalized spacial score (nSPS) is 11.6. The number of nitrogens with one attached hydrogen (secondary N) is 1. The fourth-order valence-corrected chi connectivity index (χ4v) is 3.08. The highest BCUT2D eigenvalue weighted by Crippen LogP contribution is 2.23. The van der Waals surface area contributed by atoms with Crippen LogP contribution in [-0.4, -0.2) is 32.2 Å². The van der Waals surface area contributed by atoms with E-state index in [1.807, 2.05) is 54.6 Å². The third-order valence-electron chi connectivity index (χ3n) is 4.72. The summed E-state index contributed by atoms with van der Waals surface area (Å²) in [7, 11) is 3.14. The Kier molecular flexibility index (Phi) is 6.91. The Morgan fingerprint density at radius 3 is 2.23 bits per heavy atom. The summed E-state index contributed by atoms with van der Waals surface area (Å²) in [6, 6.07) is 19.0. The number of hydrogen-bond donors (Lipinski definition) is 1. The summed E-state index contributed by atoms with van der Waals surface area (Å²) in [6.45, 7) is 1.56. The van der Waals surface area contributed by atoms with E-state index in [9.17, 15) is 9.59 Å². The number of carbonyl (C=O) groups is 2. The number of anilines is 1. The molecule has 0 saturated carbocycles. The first kappa shape index (κ1) is 21.2. The lowest BCUT2D eigenvalue weighted by atomic mass is 10.1. The summed E-state index contributed by atoms with van der Waals surface area (Å²) in [4.78, 5) is 24.6. The second-order valence-electron chi connectivity index (χ2n) is 6.90. The second-order valence-corrected chi connectivity index (χ2v) is 6.90. The van der Waals surface area contributed by atoms with Crippen molar-refractivity contribution in [1.82, 2.24) is 0 Å². The average Bonchev–Trinajstić information content (AvgIpc) is 2.77. The van der Waals surface area contributed by atoms with Crippen molar-refractivity contribution >= 4 is 28.3 Å². The van der Waals surface area contributed by atoms with Crippen LogP contribution >= 0.6 is 0 Å². The van der Waals surface area contributed by atoms with Crippen molar-refractivity contribution in [3.63, 3.8) is 0 Å². The first-order chi connectivity index (χ1) is 14.5. The van der Waals surface area contributed by atoms with Crippen LogP contribution in [0.2, 0.25) is 0 Å². The first-order valence-corrected chi connectivity index (χ1v) is 9.69. The smallest absolute Gasteiger partial charge is 0.306 e. The molecule has 3 aromatic carbocycles. The van der Waals surface area contributed by atoms with Gasteiger partial charge >= 0.3 is 5.97 Å². The Morgan fingerprint density at radius 2 is 1.57 bits per heavy atom. The molecule has 0 aliphatic carbocycles. The summed E-state index contributed by atoms with van der Waals surface area (Å²) in [6.07, 6.45) is -0.307. The highest BCUT2D eigenvalue weighted by atomic mass is 16.5. The molecule has 0 fully saturated rings. The van der Waals surface area contributed by atoms with E-state index in [0.29, 0.717) is 23.6 Å². The predicted octanol–water partition coefficient (Wildman–Crippen LogP) is 4.36. The van der Waals surface area contributed by atoms with Crippen molar-refractivity contribution < 1.29 is 23.8 Å². The zero-order valence-corrected chi connectivity index (χ0v) is 17.3. The van der Waals surface area contributed by atoms with Crippen LogP contribution in [-0.2, 0) is 20.7 Å². The molecule has 0 aliphatic rings. The van der Waals surface area contributed by atoms with E-state index < -0.39 is 12.1 Å². The molecule has 6 nitrogen and oxygen atoms in total.